The zero-order valence-corrected chi connectivity index (χ0v) is 17.0. The molecule has 0 radical (unpaired) electrons. The number of nitrogens with zero attached hydrogens (tertiary/aromatic N) is 2. The lowest BCUT2D eigenvalue weighted by atomic mass is 10.2. The average molecular weight is 407 g/mol. The van der Waals surface area contributed by atoms with Crippen LogP contribution in [0.1, 0.15) is 23.3 Å². The van der Waals surface area contributed by atoms with Crippen LogP contribution in [0, 0.1) is 13.8 Å². The maximum Gasteiger partial charge on any atom is 0.267 e. The number of thiophene rings is 1. The lowest BCUT2D eigenvalue weighted by Gasteiger charge is -2.14. The van der Waals surface area contributed by atoms with Crippen LogP contribution < -0.4 is 5.56 Å². The molecule has 3 aromatic rings. The molecular formula is C19H19ClN2O2S2. The number of aryl methyl sites for hydroxylation is 2. The number of ether oxygens (including phenoxy) is 1. The molecule has 0 spiro atoms. The summed E-state index contributed by atoms with van der Waals surface area (Å²) in [4.78, 5) is 20.1. The van der Waals surface area contributed by atoms with Crippen LogP contribution in [0.5, 0.6) is 0 Å². The monoisotopic (exact) mass is 406 g/mol. The number of hydrogen-bond donors (Lipinski definition) is 0. The number of thioether (sulfide) groups is 1. The van der Waals surface area contributed by atoms with Crippen molar-refractivity contribution in [3.05, 3.63) is 50.1 Å². The molecule has 0 aliphatic carbocycles. The van der Waals surface area contributed by atoms with Gasteiger partial charge in [-0.15, -0.1) is 11.3 Å². The summed E-state index contributed by atoms with van der Waals surface area (Å²) in [5.41, 5.74) is 1.78. The largest absolute Gasteiger partial charge is 0.377 e. The van der Waals surface area contributed by atoms with Crippen LogP contribution in [0.3, 0.4) is 0 Å². The van der Waals surface area contributed by atoms with Gasteiger partial charge in [-0.25, -0.2) is 4.98 Å². The minimum atomic E-state index is -0.0194. The van der Waals surface area contributed by atoms with Crippen molar-refractivity contribution < 1.29 is 4.74 Å². The van der Waals surface area contributed by atoms with Gasteiger partial charge in [0.05, 0.1) is 17.2 Å². The van der Waals surface area contributed by atoms with Crippen molar-refractivity contribution in [2.75, 3.05) is 12.4 Å². The van der Waals surface area contributed by atoms with Crippen LogP contribution in [0.25, 0.3) is 15.9 Å². The SMILES string of the molecule is Cc1sc2nc(SCC3CCCO3)n(-c3ccc(Cl)cc3)c(=O)c2c1C. The Morgan fingerprint density at radius 2 is 2.12 bits per heavy atom. The molecule has 26 heavy (non-hydrogen) atoms. The number of benzene rings is 1. The smallest absolute Gasteiger partial charge is 0.267 e. The quantitative estimate of drug-likeness (QED) is 0.452. The van der Waals surface area contributed by atoms with Gasteiger partial charge in [-0.3, -0.25) is 9.36 Å². The number of fused-ring (bicyclic) bond motifs is 1. The highest BCUT2D eigenvalue weighted by molar-refractivity contribution is 7.99. The van der Waals surface area contributed by atoms with Crippen LogP contribution in [0.4, 0.5) is 0 Å². The molecule has 1 aliphatic rings. The Labute approximate surface area is 165 Å². The van der Waals surface area contributed by atoms with Crippen LogP contribution in [0.15, 0.2) is 34.2 Å². The standard InChI is InChI=1S/C19H19ClN2O2S2/c1-11-12(2)26-17-16(11)18(23)22(14-7-5-13(20)6-8-14)19(21-17)25-10-15-4-3-9-24-15/h5-8,15H,3-4,9-10H2,1-2H3. The van der Waals surface area contributed by atoms with Gasteiger partial charge in [0.25, 0.3) is 5.56 Å². The number of hydrogen-bond acceptors (Lipinski definition) is 5. The van der Waals surface area contributed by atoms with Crippen LogP contribution in [-0.2, 0) is 4.74 Å². The van der Waals surface area contributed by atoms with Crippen molar-refractivity contribution in [1.29, 1.82) is 0 Å². The molecule has 0 amide bonds. The third-order valence-electron chi connectivity index (χ3n) is 4.68. The van der Waals surface area contributed by atoms with Crippen LogP contribution in [-0.4, -0.2) is 28.0 Å². The molecule has 0 bridgehead atoms. The van der Waals surface area contributed by atoms with Crippen molar-refractivity contribution in [2.45, 2.75) is 37.9 Å². The fourth-order valence-corrected chi connectivity index (χ4v) is 5.41. The predicted octanol–water partition coefficient (Wildman–Crippen LogP) is 4.99. The van der Waals surface area contributed by atoms with E-state index in [2.05, 4.69) is 0 Å². The second-order valence-corrected chi connectivity index (χ2v) is 9.05. The van der Waals surface area contributed by atoms with E-state index in [0.717, 1.165) is 46.2 Å². The molecule has 0 N–H and O–H groups in total. The summed E-state index contributed by atoms with van der Waals surface area (Å²) in [7, 11) is 0. The Morgan fingerprint density at radius 1 is 1.35 bits per heavy atom. The topological polar surface area (TPSA) is 44.1 Å². The average Bonchev–Trinajstić information content (AvgIpc) is 3.23. The van der Waals surface area contributed by atoms with Crippen molar-refractivity contribution in [2.24, 2.45) is 0 Å². The Hall–Kier alpha value is -1.34. The van der Waals surface area contributed by atoms with Gasteiger partial charge in [0.1, 0.15) is 4.83 Å². The molecule has 1 saturated heterocycles. The van der Waals surface area contributed by atoms with Gasteiger partial charge >= 0.3 is 0 Å². The molecule has 4 rings (SSSR count). The molecule has 1 atom stereocenters. The normalized spacial score (nSPS) is 17.3. The van der Waals surface area contributed by atoms with Gasteiger partial charge < -0.3 is 4.74 Å². The second kappa shape index (κ2) is 7.35. The number of rotatable bonds is 4. The molecule has 1 fully saturated rings. The maximum atomic E-state index is 13.3. The van der Waals surface area contributed by atoms with Gasteiger partial charge in [0.15, 0.2) is 5.16 Å². The molecule has 136 valence electrons. The van der Waals surface area contributed by atoms with E-state index in [-0.39, 0.29) is 11.7 Å². The Bertz CT molecular complexity index is 1010. The van der Waals surface area contributed by atoms with E-state index in [1.54, 1.807) is 39.8 Å². The molecular weight excluding hydrogens is 388 g/mol. The molecule has 2 aromatic heterocycles. The minimum Gasteiger partial charge on any atom is -0.377 e. The zero-order valence-electron chi connectivity index (χ0n) is 14.6. The summed E-state index contributed by atoms with van der Waals surface area (Å²) in [5.74, 6) is 0.800. The van der Waals surface area contributed by atoms with Gasteiger partial charge in [0.2, 0.25) is 0 Å². The molecule has 1 aliphatic heterocycles. The van der Waals surface area contributed by atoms with E-state index in [1.165, 1.54) is 0 Å². The summed E-state index contributed by atoms with van der Waals surface area (Å²) in [6, 6.07) is 7.32. The minimum absolute atomic E-state index is 0.0194. The van der Waals surface area contributed by atoms with Crippen molar-refractivity contribution in [3.63, 3.8) is 0 Å². The van der Waals surface area contributed by atoms with Crippen LogP contribution >= 0.6 is 34.7 Å². The van der Waals surface area contributed by atoms with Gasteiger partial charge in [-0.1, -0.05) is 23.4 Å². The van der Waals surface area contributed by atoms with E-state index < -0.39 is 0 Å². The first-order chi connectivity index (χ1) is 12.5. The van der Waals surface area contributed by atoms with E-state index in [0.29, 0.717) is 15.6 Å². The Kier molecular flexibility index (Phi) is 5.10. The van der Waals surface area contributed by atoms with E-state index in [1.807, 2.05) is 26.0 Å². The molecule has 7 heteroatoms. The third-order valence-corrected chi connectivity index (χ3v) is 7.10. The summed E-state index contributed by atoms with van der Waals surface area (Å²) in [6.45, 7) is 4.85. The van der Waals surface area contributed by atoms with Gasteiger partial charge in [-0.2, -0.15) is 0 Å². The summed E-state index contributed by atoms with van der Waals surface area (Å²) in [6.07, 6.45) is 2.40. The van der Waals surface area contributed by atoms with E-state index in [9.17, 15) is 4.79 Å². The molecule has 3 heterocycles. The third kappa shape index (κ3) is 3.31. The summed E-state index contributed by atoms with van der Waals surface area (Å²) < 4.78 is 7.43. The van der Waals surface area contributed by atoms with Gasteiger partial charge in [-0.05, 0) is 56.5 Å². The Morgan fingerprint density at radius 3 is 2.81 bits per heavy atom. The first-order valence-corrected chi connectivity index (χ1v) is 10.8. The Balaban J connectivity index is 1.85. The summed E-state index contributed by atoms with van der Waals surface area (Å²) >= 11 is 9.20. The van der Waals surface area contributed by atoms with E-state index >= 15 is 0 Å². The lowest BCUT2D eigenvalue weighted by molar-refractivity contribution is 0.129. The molecule has 1 unspecified atom stereocenters. The highest BCUT2D eigenvalue weighted by Gasteiger charge is 2.21. The summed E-state index contributed by atoms with van der Waals surface area (Å²) in [5, 5.41) is 2.07. The fraction of sp³-hybridized carbons (Fsp3) is 0.368. The highest BCUT2D eigenvalue weighted by atomic mass is 35.5. The fourth-order valence-electron chi connectivity index (χ4n) is 3.13. The lowest BCUT2D eigenvalue weighted by Crippen LogP contribution is -2.22. The van der Waals surface area contributed by atoms with Crippen LogP contribution in [0.2, 0.25) is 5.02 Å². The number of aromatic nitrogens is 2. The van der Waals surface area contributed by atoms with Gasteiger partial charge in [0, 0.05) is 22.3 Å². The van der Waals surface area contributed by atoms with Crippen molar-refractivity contribution in [1.82, 2.24) is 9.55 Å². The maximum absolute atomic E-state index is 13.3. The molecule has 0 saturated carbocycles. The van der Waals surface area contributed by atoms with Crippen molar-refractivity contribution in [3.8, 4) is 5.69 Å². The molecule has 1 aromatic carbocycles. The first kappa shape index (κ1) is 18.0. The zero-order chi connectivity index (χ0) is 18.3. The molecule has 4 nitrogen and oxygen atoms in total. The second-order valence-electron chi connectivity index (χ2n) is 6.42. The van der Waals surface area contributed by atoms with E-state index in [4.69, 9.17) is 21.3 Å². The first-order valence-electron chi connectivity index (χ1n) is 8.57. The number of halogens is 1. The highest BCUT2D eigenvalue weighted by Crippen LogP contribution is 2.30. The predicted molar refractivity (Wildman–Crippen MR) is 109 cm³/mol. The van der Waals surface area contributed by atoms with Crippen molar-refractivity contribution >= 4 is 44.9 Å².